The lowest BCUT2D eigenvalue weighted by molar-refractivity contribution is 1.27. The van der Waals surface area contributed by atoms with Crippen LogP contribution >= 0.6 is 0 Å². The Morgan fingerprint density at radius 1 is 1.25 bits per heavy atom. The van der Waals surface area contributed by atoms with Crippen molar-refractivity contribution < 1.29 is 0 Å². The predicted molar refractivity (Wildman–Crippen MR) is 52.7 cm³/mol. The Morgan fingerprint density at radius 2 is 2.00 bits per heavy atom. The first-order valence-electron chi connectivity index (χ1n) is 4.04. The lowest BCUT2D eigenvalue weighted by atomic mass is 10.1. The zero-order valence-corrected chi connectivity index (χ0v) is 7.25. The quantitative estimate of drug-likeness (QED) is 0.577. The normalized spacial score (nSPS) is 9.42. The maximum Gasteiger partial charge on any atom is -0.00235 e. The fourth-order valence-electron chi connectivity index (χ4n) is 0.951. The number of hydrogen-bond acceptors (Lipinski definition) is 0. The van der Waals surface area contributed by atoms with E-state index < -0.39 is 0 Å². The second kappa shape index (κ2) is 5.21. The molecule has 0 bridgehead atoms. The van der Waals surface area contributed by atoms with Gasteiger partial charge in [0.05, 0.1) is 0 Å². The van der Waals surface area contributed by atoms with Crippen molar-refractivity contribution >= 4 is 0 Å². The van der Waals surface area contributed by atoms with Crippen LogP contribution in [0.2, 0.25) is 0 Å². The molecule has 0 saturated heterocycles. The second-order valence-corrected chi connectivity index (χ2v) is 2.49. The monoisotopic (exact) mass is 156 g/mol. The molecule has 0 aliphatic carbocycles. The highest BCUT2D eigenvalue weighted by Gasteiger charge is 1.83. The molecule has 0 aromatic heterocycles. The molecule has 60 valence electrons. The highest BCUT2D eigenvalue weighted by Crippen LogP contribution is 1.99. The molecule has 0 spiro atoms. The molecule has 1 rings (SSSR count). The minimum atomic E-state index is 0.968. The van der Waals surface area contributed by atoms with Crippen LogP contribution in [0.15, 0.2) is 42.5 Å². The van der Waals surface area contributed by atoms with Crippen molar-refractivity contribution in [1.29, 1.82) is 0 Å². The standard InChI is InChI=1S/C12H12/c1-2-3-4-6-9-12-10-7-5-8-11-12/h4-8,10-11H,9H2,1H3/b6-4+. The maximum atomic E-state index is 2.89. The Balaban J connectivity index is 2.47. The van der Waals surface area contributed by atoms with Crippen LogP contribution in [0, 0.1) is 11.8 Å². The van der Waals surface area contributed by atoms with E-state index in [2.05, 4.69) is 42.2 Å². The van der Waals surface area contributed by atoms with E-state index in [4.69, 9.17) is 0 Å². The van der Waals surface area contributed by atoms with E-state index in [0.29, 0.717) is 0 Å². The molecule has 0 fully saturated rings. The Labute approximate surface area is 73.9 Å². The highest BCUT2D eigenvalue weighted by atomic mass is 13.9. The molecular weight excluding hydrogens is 144 g/mol. The minimum Gasteiger partial charge on any atom is -0.102 e. The first kappa shape index (κ1) is 8.62. The van der Waals surface area contributed by atoms with Crippen molar-refractivity contribution in [2.24, 2.45) is 0 Å². The summed E-state index contributed by atoms with van der Waals surface area (Å²) in [6.07, 6.45) is 4.94. The third kappa shape index (κ3) is 3.07. The van der Waals surface area contributed by atoms with Gasteiger partial charge < -0.3 is 0 Å². The van der Waals surface area contributed by atoms with Crippen LogP contribution in [-0.4, -0.2) is 0 Å². The summed E-state index contributed by atoms with van der Waals surface area (Å²) in [5.74, 6) is 5.71. The third-order valence-corrected chi connectivity index (χ3v) is 1.54. The van der Waals surface area contributed by atoms with E-state index in [1.54, 1.807) is 0 Å². The van der Waals surface area contributed by atoms with E-state index in [1.807, 2.05) is 19.1 Å². The van der Waals surface area contributed by atoms with Gasteiger partial charge >= 0.3 is 0 Å². The molecule has 0 nitrogen and oxygen atoms in total. The molecule has 0 saturated carbocycles. The Kier molecular flexibility index (Phi) is 3.74. The molecule has 1 aromatic carbocycles. The van der Waals surface area contributed by atoms with Gasteiger partial charge in [-0.2, -0.15) is 0 Å². The number of allylic oxidation sites excluding steroid dienone is 2. The van der Waals surface area contributed by atoms with Gasteiger partial charge in [0, 0.05) is 0 Å². The molecule has 0 atom stereocenters. The van der Waals surface area contributed by atoms with Crippen LogP contribution in [0.3, 0.4) is 0 Å². The first-order chi connectivity index (χ1) is 5.93. The highest BCUT2D eigenvalue weighted by molar-refractivity contribution is 5.21. The van der Waals surface area contributed by atoms with E-state index in [-0.39, 0.29) is 0 Å². The molecule has 12 heavy (non-hydrogen) atoms. The van der Waals surface area contributed by atoms with Crippen molar-refractivity contribution in [2.75, 3.05) is 0 Å². The first-order valence-corrected chi connectivity index (χ1v) is 4.04. The largest absolute Gasteiger partial charge is 0.102 e. The molecule has 0 aliphatic heterocycles. The average Bonchev–Trinajstić information content (AvgIpc) is 2.14. The van der Waals surface area contributed by atoms with Crippen molar-refractivity contribution in [2.45, 2.75) is 13.3 Å². The molecule has 0 unspecified atom stereocenters. The fraction of sp³-hybridized carbons (Fsp3) is 0.167. The van der Waals surface area contributed by atoms with Gasteiger partial charge in [0.25, 0.3) is 0 Å². The van der Waals surface area contributed by atoms with Gasteiger partial charge in [-0.1, -0.05) is 42.3 Å². The van der Waals surface area contributed by atoms with E-state index in [1.165, 1.54) is 5.56 Å². The molecule has 0 heterocycles. The van der Waals surface area contributed by atoms with Crippen LogP contribution in [0.1, 0.15) is 12.5 Å². The Bertz CT molecular complexity index is 296. The zero-order chi connectivity index (χ0) is 8.65. The topological polar surface area (TPSA) is 0 Å². The van der Waals surface area contributed by atoms with Crippen LogP contribution in [0.4, 0.5) is 0 Å². The SMILES string of the molecule is CC#C/C=C/Cc1ccccc1. The summed E-state index contributed by atoms with van der Waals surface area (Å²) in [5.41, 5.74) is 1.33. The smallest absolute Gasteiger partial charge is 0.00235 e. The van der Waals surface area contributed by atoms with Gasteiger partial charge in [0.1, 0.15) is 0 Å². The Hall–Kier alpha value is -1.48. The van der Waals surface area contributed by atoms with E-state index in [0.717, 1.165) is 6.42 Å². The van der Waals surface area contributed by atoms with Gasteiger partial charge in [0.15, 0.2) is 0 Å². The van der Waals surface area contributed by atoms with Crippen molar-refractivity contribution in [1.82, 2.24) is 0 Å². The summed E-state index contributed by atoms with van der Waals surface area (Å²) in [5, 5.41) is 0. The van der Waals surface area contributed by atoms with E-state index in [9.17, 15) is 0 Å². The zero-order valence-electron chi connectivity index (χ0n) is 7.25. The lowest BCUT2D eigenvalue weighted by Gasteiger charge is -1.91. The molecular formula is C12H12. The van der Waals surface area contributed by atoms with Crippen LogP contribution in [0.25, 0.3) is 0 Å². The summed E-state index contributed by atoms with van der Waals surface area (Å²) in [4.78, 5) is 0. The number of rotatable bonds is 2. The number of hydrogen-bond donors (Lipinski definition) is 0. The molecule has 0 aliphatic rings. The van der Waals surface area contributed by atoms with Gasteiger partial charge in [-0.3, -0.25) is 0 Å². The van der Waals surface area contributed by atoms with Crippen molar-refractivity contribution in [3.63, 3.8) is 0 Å². The molecule has 0 radical (unpaired) electrons. The molecule has 1 aromatic rings. The summed E-state index contributed by atoms with van der Waals surface area (Å²) < 4.78 is 0. The summed E-state index contributed by atoms with van der Waals surface area (Å²) in [6, 6.07) is 10.4. The fourth-order valence-corrected chi connectivity index (χ4v) is 0.951. The molecule has 0 amide bonds. The Morgan fingerprint density at radius 3 is 2.67 bits per heavy atom. The van der Waals surface area contributed by atoms with Crippen LogP contribution < -0.4 is 0 Å². The van der Waals surface area contributed by atoms with Gasteiger partial charge in [-0.25, -0.2) is 0 Å². The van der Waals surface area contributed by atoms with Gasteiger partial charge in [-0.05, 0) is 25.0 Å². The van der Waals surface area contributed by atoms with Gasteiger partial charge in [-0.15, -0.1) is 5.92 Å². The van der Waals surface area contributed by atoms with Crippen LogP contribution in [0.5, 0.6) is 0 Å². The van der Waals surface area contributed by atoms with Crippen molar-refractivity contribution in [3.8, 4) is 11.8 Å². The second-order valence-electron chi connectivity index (χ2n) is 2.49. The predicted octanol–water partition coefficient (Wildman–Crippen LogP) is 2.81. The number of benzene rings is 1. The van der Waals surface area contributed by atoms with Crippen molar-refractivity contribution in [3.05, 3.63) is 48.0 Å². The van der Waals surface area contributed by atoms with Crippen LogP contribution in [-0.2, 0) is 6.42 Å². The molecule has 0 heteroatoms. The lowest BCUT2D eigenvalue weighted by Crippen LogP contribution is -1.77. The summed E-state index contributed by atoms with van der Waals surface area (Å²) in [6.45, 7) is 1.84. The summed E-state index contributed by atoms with van der Waals surface area (Å²) in [7, 11) is 0. The molecule has 0 N–H and O–H groups in total. The third-order valence-electron chi connectivity index (χ3n) is 1.54. The summed E-state index contributed by atoms with van der Waals surface area (Å²) >= 11 is 0. The average molecular weight is 156 g/mol. The minimum absolute atomic E-state index is 0.968. The van der Waals surface area contributed by atoms with Gasteiger partial charge in [0.2, 0.25) is 0 Å². The maximum absolute atomic E-state index is 2.89. The van der Waals surface area contributed by atoms with E-state index >= 15 is 0 Å².